The Labute approximate surface area is 220 Å². The van der Waals surface area contributed by atoms with E-state index in [0.717, 1.165) is 57.8 Å². The quantitative estimate of drug-likeness (QED) is 0.188. The minimum absolute atomic E-state index is 0.0209. The third-order valence-electron chi connectivity index (χ3n) is 7.89. The van der Waals surface area contributed by atoms with Crippen LogP contribution in [0, 0.1) is 11.8 Å². The van der Waals surface area contributed by atoms with Crippen molar-refractivity contribution in [2.75, 3.05) is 26.3 Å². The molecule has 2 bridgehead atoms. The number of ether oxygens (including phenoxy) is 1. The number of unbranched alkanes of at least 4 members (excludes halogenated alkanes) is 5. The molecule has 0 saturated carbocycles. The number of carbonyl (C=O) groups is 3. The summed E-state index contributed by atoms with van der Waals surface area (Å²) in [4.78, 5) is 44.8. The lowest BCUT2D eigenvalue weighted by atomic mass is 9.71. The van der Waals surface area contributed by atoms with Crippen LogP contribution in [0.2, 0.25) is 0 Å². The first-order chi connectivity index (χ1) is 17.3. The van der Waals surface area contributed by atoms with Gasteiger partial charge in [-0.05, 0) is 58.8 Å². The summed E-state index contributed by atoms with van der Waals surface area (Å²) < 4.78 is 5.09. The van der Waals surface area contributed by atoms with E-state index in [1.54, 1.807) is 27.6 Å². The molecule has 0 aromatic rings. The lowest BCUT2D eigenvalue weighted by Crippen LogP contribution is -2.56. The molecule has 2 unspecified atom stereocenters. The highest BCUT2D eigenvalue weighted by atomic mass is 32.2. The maximum absolute atomic E-state index is 14.1. The molecule has 3 heterocycles. The van der Waals surface area contributed by atoms with Crippen LogP contribution in [0.15, 0.2) is 25.3 Å². The van der Waals surface area contributed by atoms with Crippen LogP contribution < -0.4 is 0 Å². The highest BCUT2D eigenvalue weighted by Gasteiger charge is 2.74. The first-order valence-corrected chi connectivity index (χ1v) is 14.5. The number of likely N-dealkylation sites (tertiary alicyclic amines) is 1. The van der Waals surface area contributed by atoms with Gasteiger partial charge < -0.3 is 19.6 Å². The molecule has 7 nitrogen and oxygen atoms in total. The largest absolute Gasteiger partial charge is 0.465 e. The SMILES string of the molecule is C=CCCCCOC(=O)[C@@H]1[C@H]2C(=O)N(CCCCCCO)C(C(=O)N(CC=C)C(C)C)C23CC[C@H]1S3. The fourth-order valence-corrected chi connectivity index (χ4v) is 8.40. The Bertz CT molecular complexity index is 818. The summed E-state index contributed by atoms with van der Waals surface area (Å²) in [6.45, 7) is 13.0. The predicted octanol–water partition coefficient (Wildman–Crippen LogP) is 3.95. The minimum Gasteiger partial charge on any atom is -0.465 e. The van der Waals surface area contributed by atoms with Gasteiger partial charge in [0.25, 0.3) is 0 Å². The number of carbonyl (C=O) groups excluding carboxylic acids is 3. The molecule has 3 aliphatic heterocycles. The molecular formula is C28H44N2O5S. The van der Waals surface area contributed by atoms with Crippen molar-refractivity contribution in [3.63, 3.8) is 0 Å². The molecule has 3 saturated heterocycles. The molecule has 3 aliphatic rings. The number of aliphatic hydroxyl groups excluding tert-OH is 1. The normalized spacial score (nSPS) is 28.4. The monoisotopic (exact) mass is 520 g/mol. The highest BCUT2D eigenvalue weighted by Crippen LogP contribution is 2.66. The maximum atomic E-state index is 14.1. The van der Waals surface area contributed by atoms with Crippen molar-refractivity contribution in [2.24, 2.45) is 11.8 Å². The summed E-state index contributed by atoms with van der Waals surface area (Å²) in [5, 5.41) is 9.11. The fourth-order valence-electron chi connectivity index (χ4n) is 6.20. The zero-order valence-electron chi connectivity index (χ0n) is 22.0. The van der Waals surface area contributed by atoms with Crippen molar-refractivity contribution in [2.45, 2.75) is 93.7 Å². The Morgan fingerprint density at radius 2 is 1.94 bits per heavy atom. The molecule has 8 heteroatoms. The second-order valence-corrected chi connectivity index (χ2v) is 12.2. The molecule has 1 spiro atoms. The fraction of sp³-hybridized carbons (Fsp3) is 0.750. The van der Waals surface area contributed by atoms with Crippen LogP contribution in [0.5, 0.6) is 0 Å². The molecule has 1 N–H and O–H groups in total. The van der Waals surface area contributed by atoms with Gasteiger partial charge in [0, 0.05) is 31.0 Å². The van der Waals surface area contributed by atoms with E-state index >= 15 is 0 Å². The Kier molecular flexibility index (Phi) is 10.5. The van der Waals surface area contributed by atoms with E-state index in [9.17, 15) is 14.4 Å². The van der Waals surface area contributed by atoms with Crippen LogP contribution >= 0.6 is 11.8 Å². The average Bonchev–Trinajstić information content (AvgIpc) is 3.49. The maximum Gasteiger partial charge on any atom is 0.310 e. The van der Waals surface area contributed by atoms with Crippen LogP contribution in [-0.2, 0) is 19.1 Å². The lowest BCUT2D eigenvalue weighted by molar-refractivity contribution is -0.154. The number of thioether (sulfide) groups is 1. The number of nitrogens with zero attached hydrogens (tertiary/aromatic N) is 2. The molecule has 202 valence electrons. The average molecular weight is 521 g/mol. The number of allylic oxidation sites excluding steroid dienone is 1. The molecule has 0 aromatic heterocycles. The second-order valence-electron chi connectivity index (χ2n) is 10.6. The summed E-state index contributed by atoms with van der Waals surface area (Å²) in [6, 6.07) is -0.594. The van der Waals surface area contributed by atoms with Gasteiger partial charge in [0.15, 0.2) is 0 Å². The number of amides is 2. The Hall–Kier alpha value is -1.80. The molecule has 36 heavy (non-hydrogen) atoms. The van der Waals surface area contributed by atoms with Crippen molar-refractivity contribution in [3.8, 4) is 0 Å². The highest BCUT2D eigenvalue weighted by molar-refractivity contribution is 8.02. The summed E-state index contributed by atoms with van der Waals surface area (Å²) in [5.74, 6) is -1.39. The Morgan fingerprint density at radius 1 is 1.19 bits per heavy atom. The van der Waals surface area contributed by atoms with E-state index in [0.29, 0.717) is 19.7 Å². The summed E-state index contributed by atoms with van der Waals surface area (Å²) in [6.07, 6.45) is 11.0. The first kappa shape index (κ1) is 28.8. The van der Waals surface area contributed by atoms with E-state index in [1.807, 2.05) is 19.9 Å². The van der Waals surface area contributed by atoms with Gasteiger partial charge in [-0.3, -0.25) is 14.4 Å². The van der Waals surface area contributed by atoms with Crippen LogP contribution in [0.3, 0.4) is 0 Å². The molecule has 0 aromatic carbocycles. The zero-order chi connectivity index (χ0) is 26.3. The first-order valence-electron chi connectivity index (χ1n) is 13.6. The third kappa shape index (κ3) is 5.69. The third-order valence-corrected chi connectivity index (χ3v) is 9.84. The number of esters is 1. The number of aliphatic hydroxyl groups is 1. The van der Waals surface area contributed by atoms with Crippen LogP contribution in [0.1, 0.15) is 71.6 Å². The predicted molar refractivity (Wildman–Crippen MR) is 143 cm³/mol. The number of hydrogen-bond acceptors (Lipinski definition) is 6. The van der Waals surface area contributed by atoms with Gasteiger partial charge in [-0.25, -0.2) is 0 Å². The smallest absolute Gasteiger partial charge is 0.310 e. The van der Waals surface area contributed by atoms with Gasteiger partial charge in [0.2, 0.25) is 11.8 Å². The minimum atomic E-state index is -0.579. The van der Waals surface area contributed by atoms with Gasteiger partial charge in [0.1, 0.15) is 6.04 Å². The van der Waals surface area contributed by atoms with Crippen molar-refractivity contribution < 1.29 is 24.2 Å². The summed E-state index contributed by atoms with van der Waals surface area (Å²) in [5.41, 5.74) is 0. The van der Waals surface area contributed by atoms with Gasteiger partial charge in [-0.15, -0.1) is 24.9 Å². The van der Waals surface area contributed by atoms with Crippen LogP contribution in [0.25, 0.3) is 0 Å². The molecule has 0 aliphatic carbocycles. The Balaban J connectivity index is 1.84. The van der Waals surface area contributed by atoms with E-state index in [-0.39, 0.29) is 35.7 Å². The number of hydrogen-bond donors (Lipinski definition) is 1. The van der Waals surface area contributed by atoms with Gasteiger partial charge in [-0.1, -0.05) is 25.0 Å². The molecule has 3 fully saturated rings. The van der Waals surface area contributed by atoms with Crippen molar-refractivity contribution in [1.82, 2.24) is 9.80 Å². The van der Waals surface area contributed by atoms with Crippen LogP contribution in [0.4, 0.5) is 0 Å². The van der Waals surface area contributed by atoms with Crippen LogP contribution in [-0.4, -0.2) is 81.1 Å². The molecule has 5 atom stereocenters. The Morgan fingerprint density at radius 3 is 2.61 bits per heavy atom. The lowest BCUT2D eigenvalue weighted by Gasteiger charge is -2.38. The molecular weight excluding hydrogens is 476 g/mol. The zero-order valence-corrected chi connectivity index (χ0v) is 22.8. The van der Waals surface area contributed by atoms with Crippen molar-refractivity contribution >= 4 is 29.5 Å². The van der Waals surface area contributed by atoms with E-state index < -0.39 is 22.6 Å². The van der Waals surface area contributed by atoms with E-state index in [2.05, 4.69) is 13.2 Å². The van der Waals surface area contributed by atoms with Crippen molar-refractivity contribution in [1.29, 1.82) is 0 Å². The topological polar surface area (TPSA) is 87.1 Å². The molecule has 0 radical (unpaired) electrons. The summed E-state index contributed by atoms with van der Waals surface area (Å²) >= 11 is 1.69. The van der Waals surface area contributed by atoms with Gasteiger partial charge in [-0.2, -0.15) is 0 Å². The molecule has 3 rings (SSSR count). The van der Waals surface area contributed by atoms with E-state index in [4.69, 9.17) is 9.84 Å². The number of rotatable bonds is 16. The number of fused-ring (bicyclic) bond motifs is 1. The van der Waals surface area contributed by atoms with Crippen molar-refractivity contribution in [3.05, 3.63) is 25.3 Å². The second kappa shape index (κ2) is 13.1. The molecule has 2 amide bonds. The standard InChI is InChI=1S/C28H44N2O5S/c1-5-7-8-13-19-35-27(34)22-21-14-15-28(36-21)23(22)25(32)30(17-11-9-10-12-18-31)24(28)26(33)29(16-6-2)20(3)4/h5-6,20-24,31H,1-2,7-19H2,3-4H3/t21-,22+,23+,24?,28?/m1/s1. The summed E-state index contributed by atoms with van der Waals surface area (Å²) in [7, 11) is 0. The van der Waals surface area contributed by atoms with E-state index in [1.165, 1.54) is 0 Å². The van der Waals surface area contributed by atoms with Gasteiger partial charge >= 0.3 is 5.97 Å². The van der Waals surface area contributed by atoms with Gasteiger partial charge in [0.05, 0.1) is 23.2 Å².